The van der Waals surface area contributed by atoms with Crippen LogP contribution in [0, 0.1) is 0 Å². The maximum Gasteiger partial charge on any atom is 0.344 e. The van der Waals surface area contributed by atoms with E-state index >= 15 is 0 Å². The molecule has 0 saturated heterocycles. The Hall–Kier alpha value is -5.62. The van der Waals surface area contributed by atoms with Crippen LogP contribution in [-0.2, 0) is 19.1 Å². The zero-order chi connectivity index (χ0) is 30.5. The molecule has 0 bridgehead atoms. The minimum absolute atomic E-state index is 0.0885. The molecule has 218 valence electrons. The number of rotatable bonds is 11. The van der Waals surface area contributed by atoms with Crippen LogP contribution in [0.15, 0.2) is 122 Å². The molecule has 44 heavy (non-hydrogen) atoms. The third-order valence-electron chi connectivity index (χ3n) is 7.41. The fraction of sp³-hybridized carbons (Fsp3) is 0.105. The molecule has 6 heteroatoms. The Labute approximate surface area is 254 Å². The first-order valence-corrected chi connectivity index (χ1v) is 14.3. The molecule has 0 unspecified atom stereocenters. The molecule has 0 aromatic heterocycles. The van der Waals surface area contributed by atoms with Gasteiger partial charge in [0.25, 0.3) is 0 Å². The van der Waals surface area contributed by atoms with Gasteiger partial charge in [-0.1, -0.05) is 110 Å². The van der Waals surface area contributed by atoms with Gasteiger partial charge in [-0.05, 0) is 44.5 Å². The van der Waals surface area contributed by atoms with Crippen LogP contribution in [-0.4, -0.2) is 38.4 Å². The Morgan fingerprint density at radius 2 is 0.909 bits per heavy atom. The minimum atomic E-state index is -0.515. The monoisotopic (exact) mass is 582 g/mol. The molecule has 0 spiro atoms. The highest BCUT2D eigenvalue weighted by Gasteiger charge is 2.21. The van der Waals surface area contributed by atoms with Crippen molar-refractivity contribution in [3.05, 3.63) is 122 Å². The summed E-state index contributed by atoms with van der Waals surface area (Å²) in [4.78, 5) is 25.2. The summed E-state index contributed by atoms with van der Waals surface area (Å²) in [6.07, 6.45) is 3.02. The number of hydrogen-bond acceptors (Lipinski definition) is 6. The predicted molar refractivity (Wildman–Crippen MR) is 175 cm³/mol. The molecular weight excluding hydrogens is 552 g/mol. The maximum atomic E-state index is 12.6. The summed E-state index contributed by atoms with van der Waals surface area (Å²) in [5.41, 5.74) is 1.41. The molecule has 0 atom stereocenters. The average molecular weight is 583 g/mol. The quantitative estimate of drug-likeness (QED) is 0.0872. The van der Waals surface area contributed by atoms with Crippen molar-refractivity contribution in [3.63, 3.8) is 0 Å². The van der Waals surface area contributed by atoms with Gasteiger partial charge in [0.2, 0.25) is 0 Å². The van der Waals surface area contributed by atoms with Gasteiger partial charge in [0.15, 0.2) is 13.2 Å². The number of carbonyl (C=O) groups is 2. The molecule has 6 aromatic carbocycles. The van der Waals surface area contributed by atoms with Crippen LogP contribution < -0.4 is 9.47 Å². The first-order chi connectivity index (χ1) is 21.6. The van der Waals surface area contributed by atoms with E-state index in [-0.39, 0.29) is 26.4 Å². The number of benzene rings is 6. The summed E-state index contributed by atoms with van der Waals surface area (Å²) in [5.74, 6) is -0.0138. The summed E-state index contributed by atoms with van der Waals surface area (Å²) < 4.78 is 23.1. The number of carbonyl (C=O) groups excluding carboxylic acids is 2. The van der Waals surface area contributed by atoms with Crippen molar-refractivity contribution in [3.8, 4) is 22.6 Å². The molecule has 0 radical (unpaired) electrons. The summed E-state index contributed by atoms with van der Waals surface area (Å²) in [5, 5.41) is 7.61. The molecule has 6 rings (SSSR count). The highest BCUT2D eigenvalue weighted by molar-refractivity contribution is 6.16. The minimum Gasteiger partial charge on any atom is -0.481 e. The molecule has 0 aliphatic rings. The zero-order valence-corrected chi connectivity index (χ0v) is 24.1. The van der Waals surface area contributed by atoms with Crippen molar-refractivity contribution in [1.29, 1.82) is 0 Å². The molecule has 0 heterocycles. The lowest BCUT2D eigenvalue weighted by Crippen LogP contribution is -2.16. The number of fused-ring (bicyclic) bond motifs is 6. The Morgan fingerprint density at radius 1 is 0.523 bits per heavy atom. The fourth-order valence-corrected chi connectivity index (χ4v) is 5.50. The summed E-state index contributed by atoms with van der Waals surface area (Å²) >= 11 is 0. The lowest BCUT2D eigenvalue weighted by molar-refractivity contribution is -0.145. The first-order valence-electron chi connectivity index (χ1n) is 14.3. The van der Waals surface area contributed by atoms with Gasteiger partial charge in [-0.15, -0.1) is 0 Å². The third kappa shape index (κ3) is 5.57. The van der Waals surface area contributed by atoms with Crippen LogP contribution in [0.25, 0.3) is 54.2 Å². The Balaban J connectivity index is 1.61. The lowest BCUT2D eigenvalue weighted by atomic mass is 9.92. The zero-order valence-electron chi connectivity index (χ0n) is 24.1. The van der Waals surface area contributed by atoms with E-state index in [1.165, 1.54) is 12.2 Å². The van der Waals surface area contributed by atoms with Crippen LogP contribution in [0.4, 0.5) is 0 Å². The predicted octanol–water partition coefficient (Wildman–Crippen LogP) is 8.18. The van der Waals surface area contributed by atoms with Crippen LogP contribution in [0.5, 0.6) is 11.5 Å². The molecule has 0 aliphatic carbocycles. The molecule has 0 saturated carbocycles. The van der Waals surface area contributed by atoms with Crippen molar-refractivity contribution < 1.29 is 28.5 Å². The van der Waals surface area contributed by atoms with Crippen LogP contribution >= 0.6 is 0 Å². The first kappa shape index (κ1) is 28.5. The maximum absolute atomic E-state index is 12.6. The van der Waals surface area contributed by atoms with E-state index in [9.17, 15) is 9.59 Å². The van der Waals surface area contributed by atoms with Crippen molar-refractivity contribution in [1.82, 2.24) is 0 Å². The van der Waals surface area contributed by atoms with Crippen molar-refractivity contribution in [2.75, 3.05) is 26.4 Å². The standard InChI is InChI=1S/C38H30O6/c1-3-21-41-33(39)23-43-37-31(19-17-27-15-13-25-9-5-7-11-29(25)35(27)37)32-20-18-28-16-14-26-10-6-8-12-30(26)36(28)38(32)44-24-34(40)42-22-4-2/h3-20H,1-2,21-24H2. The molecule has 6 nitrogen and oxygen atoms in total. The van der Waals surface area contributed by atoms with E-state index in [4.69, 9.17) is 18.9 Å². The summed E-state index contributed by atoms with van der Waals surface area (Å²) in [6.45, 7) is 6.80. The molecule has 0 N–H and O–H groups in total. The van der Waals surface area contributed by atoms with Gasteiger partial charge in [0.05, 0.1) is 0 Å². The SMILES string of the molecule is C=CCOC(=O)COc1c(-c2ccc3ccc4ccccc4c3c2OCC(=O)OCC=C)ccc2ccc3ccccc3c12. The second-order valence-corrected chi connectivity index (χ2v) is 10.2. The van der Waals surface area contributed by atoms with Gasteiger partial charge in [-0.3, -0.25) is 0 Å². The van der Waals surface area contributed by atoms with E-state index in [1.807, 2.05) is 84.9 Å². The smallest absolute Gasteiger partial charge is 0.344 e. The Kier molecular flexibility index (Phi) is 8.23. The van der Waals surface area contributed by atoms with Crippen molar-refractivity contribution in [2.45, 2.75) is 0 Å². The van der Waals surface area contributed by atoms with Crippen LogP contribution in [0.1, 0.15) is 0 Å². The van der Waals surface area contributed by atoms with Gasteiger partial charge in [0.1, 0.15) is 24.7 Å². The van der Waals surface area contributed by atoms with Gasteiger partial charge in [-0.2, -0.15) is 0 Å². The Bertz CT molecular complexity index is 1910. The number of hydrogen-bond donors (Lipinski definition) is 0. The molecule has 0 amide bonds. The van der Waals surface area contributed by atoms with Crippen molar-refractivity contribution in [2.24, 2.45) is 0 Å². The van der Waals surface area contributed by atoms with E-state index < -0.39 is 11.9 Å². The van der Waals surface area contributed by atoms with E-state index in [2.05, 4.69) is 25.3 Å². The van der Waals surface area contributed by atoms with E-state index in [0.717, 1.165) is 43.1 Å². The number of esters is 2. The molecule has 0 fully saturated rings. The summed E-state index contributed by atoms with van der Waals surface area (Å²) in [6, 6.07) is 32.2. The second-order valence-electron chi connectivity index (χ2n) is 10.2. The van der Waals surface area contributed by atoms with Gasteiger partial charge < -0.3 is 18.9 Å². The topological polar surface area (TPSA) is 71.1 Å². The number of ether oxygens (including phenoxy) is 4. The average Bonchev–Trinajstić information content (AvgIpc) is 3.07. The van der Waals surface area contributed by atoms with Gasteiger partial charge >= 0.3 is 11.9 Å². The molecule has 0 aliphatic heterocycles. The van der Waals surface area contributed by atoms with Gasteiger partial charge in [-0.25, -0.2) is 9.59 Å². The largest absolute Gasteiger partial charge is 0.481 e. The lowest BCUT2D eigenvalue weighted by Gasteiger charge is -2.20. The highest BCUT2D eigenvalue weighted by Crippen LogP contribution is 2.47. The highest BCUT2D eigenvalue weighted by atomic mass is 16.6. The fourth-order valence-electron chi connectivity index (χ4n) is 5.50. The Morgan fingerprint density at radius 3 is 1.34 bits per heavy atom. The molecular formula is C38H30O6. The van der Waals surface area contributed by atoms with E-state index in [0.29, 0.717) is 22.6 Å². The summed E-state index contributed by atoms with van der Waals surface area (Å²) in [7, 11) is 0. The van der Waals surface area contributed by atoms with E-state index in [1.54, 1.807) is 0 Å². The second kappa shape index (κ2) is 12.7. The third-order valence-corrected chi connectivity index (χ3v) is 7.41. The normalized spacial score (nSPS) is 11.0. The van der Waals surface area contributed by atoms with Crippen LogP contribution in [0.2, 0.25) is 0 Å². The van der Waals surface area contributed by atoms with Crippen molar-refractivity contribution >= 4 is 55.0 Å². The van der Waals surface area contributed by atoms with Gasteiger partial charge in [0, 0.05) is 21.9 Å². The van der Waals surface area contributed by atoms with Crippen LogP contribution in [0.3, 0.4) is 0 Å². The molecule has 6 aromatic rings.